The molecule has 0 nitrogen and oxygen atoms in total. The first-order valence-electron chi connectivity index (χ1n) is 3.64. The van der Waals surface area contributed by atoms with E-state index in [2.05, 4.69) is 33.4 Å². The van der Waals surface area contributed by atoms with Gasteiger partial charge in [0.1, 0.15) is 0 Å². The van der Waals surface area contributed by atoms with Crippen molar-refractivity contribution >= 4 is 11.6 Å². The average molecular weight is 159 g/mol. The molecule has 0 aromatic carbocycles. The topological polar surface area (TPSA) is 0 Å². The highest BCUT2D eigenvalue weighted by Gasteiger charge is 2.05. The zero-order valence-corrected chi connectivity index (χ0v) is 7.87. The highest BCUT2D eigenvalue weighted by molar-refractivity contribution is 6.25. The molecule has 0 aromatic heterocycles. The van der Waals surface area contributed by atoms with Gasteiger partial charge in [-0.15, -0.1) is 5.73 Å². The molecule has 0 heterocycles. The second kappa shape index (κ2) is 4.60. The zero-order chi connectivity index (χ0) is 8.15. The van der Waals surface area contributed by atoms with Gasteiger partial charge in [-0.2, -0.15) is 0 Å². The van der Waals surface area contributed by atoms with E-state index in [0.717, 1.165) is 0 Å². The first-order chi connectivity index (χ1) is 4.59. The van der Waals surface area contributed by atoms with Gasteiger partial charge in [-0.05, 0) is 17.4 Å². The lowest BCUT2D eigenvalue weighted by Gasteiger charge is -2.11. The Balaban J connectivity index is 4.44. The van der Waals surface area contributed by atoms with Crippen molar-refractivity contribution < 1.29 is 0 Å². The SMILES string of the molecule is CC(C)C(=C=CCl)C(C)C. The lowest BCUT2D eigenvalue weighted by Crippen LogP contribution is -1.99. The van der Waals surface area contributed by atoms with Crippen LogP contribution in [0.15, 0.2) is 16.8 Å². The van der Waals surface area contributed by atoms with Gasteiger partial charge in [-0.1, -0.05) is 39.3 Å². The fourth-order valence-electron chi connectivity index (χ4n) is 1.06. The van der Waals surface area contributed by atoms with Crippen molar-refractivity contribution in [2.75, 3.05) is 0 Å². The standard InChI is InChI=1S/C9H15Cl/c1-7(2)9(5-6-10)8(3)4/h6-8H,1-4H3. The molecule has 0 spiro atoms. The summed E-state index contributed by atoms with van der Waals surface area (Å²) in [5, 5.41) is 0. The van der Waals surface area contributed by atoms with Crippen LogP contribution in [0.4, 0.5) is 0 Å². The third-order valence-electron chi connectivity index (χ3n) is 1.47. The number of hydrogen-bond donors (Lipinski definition) is 0. The van der Waals surface area contributed by atoms with Gasteiger partial charge in [-0.3, -0.25) is 0 Å². The first kappa shape index (κ1) is 9.81. The van der Waals surface area contributed by atoms with E-state index in [1.54, 1.807) is 0 Å². The summed E-state index contributed by atoms with van der Waals surface area (Å²) in [6.45, 7) is 8.62. The Kier molecular flexibility index (Phi) is 4.51. The van der Waals surface area contributed by atoms with Gasteiger partial charge in [0.05, 0.1) is 0 Å². The predicted octanol–water partition coefficient (Wildman–Crippen LogP) is 3.58. The minimum atomic E-state index is 0.551. The largest absolute Gasteiger partial charge is 0.109 e. The molecule has 0 fully saturated rings. The predicted molar refractivity (Wildman–Crippen MR) is 47.1 cm³/mol. The van der Waals surface area contributed by atoms with Crippen molar-refractivity contribution in [1.29, 1.82) is 0 Å². The molecule has 0 aliphatic heterocycles. The highest BCUT2D eigenvalue weighted by atomic mass is 35.5. The van der Waals surface area contributed by atoms with Crippen LogP contribution in [0.5, 0.6) is 0 Å². The van der Waals surface area contributed by atoms with Crippen LogP contribution in [0.3, 0.4) is 0 Å². The van der Waals surface area contributed by atoms with E-state index in [4.69, 9.17) is 11.6 Å². The minimum Gasteiger partial charge on any atom is -0.109 e. The van der Waals surface area contributed by atoms with Gasteiger partial charge in [0.2, 0.25) is 0 Å². The number of halogens is 1. The molecule has 0 atom stereocenters. The summed E-state index contributed by atoms with van der Waals surface area (Å²) in [6.07, 6.45) is 0. The minimum absolute atomic E-state index is 0.551. The molecule has 0 rings (SSSR count). The van der Waals surface area contributed by atoms with Crippen LogP contribution in [0.2, 0.25) is 0 Å². The molecule has 0 radical (unpaired) electrons. The Labute approximate surface area is 68.6 Å². The zero-order valence-electron chi connectivity index (χ0n) is 7.11. The molecule has 0 saturated carbocycles. The van der Waals surface area contributed by atoms with E-state index in [0.29, 0.717) is 11.8 Å². The molecule has 58 valence electrons. The van der Waals surface area contributed by atoms with Crippen LogP contribution in [0.1, 0.15) is 27.7 Å². The summed E-state index contributed by atoms with van der Waals surface area (Å²) in [7, 11) is 0. The quantitative estimate of drug-likeness (QED) is 0.539. The monoisotopic (exact) mass is 158 g/mol. The average Bonchev–Trinajstić information content (AvgIpc) is 1.81. The normalized spacial score (nSPS) is 9.90. The Morgan fingerprint density at radius 1 is 1.20 bits per heavy atom. The van der Waals surface area contributed by atoms with Crippen molar-refractivity contribution in [3.05, 3.63) is 16.8 Å². The van der Waals surface area contributed by atoms with Gasteiger partial charge in [-0.25, -0.2) is 0 Å². The molecule has 0 unspecified atom stereocenters. The lowest BCUT2D eigenvalue weighted by atomic mass is 9.94. The Bertz CT molecular complexity index is 138. The third-order valence-corrected chi connectivity index (χ3v) is 1.57. The first-order valence-corrected chi connectivity index (χ1v) is 4.08. The van der Waals surface area contributed by atoms with Gasteiger partial charge in [0.25, 0.3) is 0 Å². The number of allylic oxidation sites excluding steroid dienone is 1. The fourth-order valence-corrected chi connectivity index (χ4v) is 1.19. The maximum Gasteiger partial charge on any atom is 0.0462 e. The molecule has 0 N–H and O–H groups in total. The summed E-state index contributed by atoms with van der Waals surface area (Å²) in [6, 6.07) is 0. The van der Waals surface area contributed by atoms with Crippen molar-refractivity contribution in [2.24, 2.45) is 11.8 Å². The smallest absolute Gasteiger partial charge is 0.0462 e. The molecular weight excluding hydrogens is 144 g/mol. The second-order valence-corrected chi connectivity index (χ2v) is 3.24. The van der Waals surface area contributed by atoms with Crippen LogP contribution in [0, 0.1) is 11.8 Å². The number of hydrogen-bond acceptors (Lipinski definition) is 0. The van der Waals surface area contributed by atoms with Crippen LogP contribution in [0.25, 0.3) is 0 Å². The Hall–Kier alpha value is -0.190. The summed E-state index contributed by atoms with van der Waals surface area (Å²) in [5.74, 6) is 1.10. The number of rotatable bonds is 2. The van der Waals surface area contributed by atoms with Crippen molar-refractivity contribution in [1.82, 2.24) is 0 Å². The molecular formula is C9H15Cl. The Morgan fingerprint density at radius 3 is 1.70 bits per heavy atom. The van der Waals surface area contributed by atoms with E-state index in [9.17, 15) is 0 Å². The molecule has 1 heteroatoms. The van der Waals surface area contributed by atoms with Gasteiger partial charge >= 0.3 is 0 Å². The van der Waals surface area contributed by atoms with E-state index < -0.39 is 0 Å². The van der Waals surface area contributed by atoms with E-state index in [1.807, 2.05) is 0 Å². The van der Waals surface area contributed by atoms with Crippen LogP contribution >= 0.6 is 11.6 Å². The van der Waals surface area contributed by atoms with Gasteiger partial charge in [0, 0.05) is 5.54 Å². The van der Waals surface area contributed by atoms with Crippen LogP contribution in [-0.2, 0) is 0 Å². The molecule has 0 bridgehead atoms. The molecule has 10 heavy (non-hydrogen) atoms. The maximum absolute atomic E-state index is 5.43. The highest BCUT2D eigenvalue weighted by Crippen LogP contribution is 2.17. The summed E-state index contributed by atoms with van der Waals surface area (Å²) in [4.78, 5) is 0. The Morgan fingerprint density at radius 2 is 1.60 bits per heavy atom. The van der Waals surface area contributed by atoms with Gasteiger partial charge < -0.3 is 0 Å². The third kappa shape index (κ3) is 3.10. The summed E-state index contributed by atoms with van der Waals surface area (Å²) < 4.78 is 0. The summed E-state index contributed by atoms with van der Waals surface area (Å²) in [5.41, 5.74) is 5.79. The van der Waals surface area contributed by atoms with E-state index in [-0.39, 0.29) is 0 Å². The second-order valence-electron chi connectivity index (χ2n) is 3.02. The van der Waals surface area contributed by atoms with Crippen molar-refractivity contribution in [3.8, 4) is 0 Å². The lowest BCUT2D eigenvalue weighted by molar-refractivity contribution is 0.628. The van der Waals surface area contributed by atoms with Crippen LogP contribution < -0.4 is 0 Å². The van der Waals surface area contributed by atoms with E-state index >= 15 is 0 Å². The fraction of sp³-hybridized carbons (Fsp3) is 0.667. The molecule has 0 aliphatic rings. The van der Waals surface area contributed by atoms with Crippen molar-refractivity contribution in [2.45, 2.75) is 27.7 Å². The molecule has 0 amide bonds. The van der Waals surface area contributed by atoms with Crippen molar-refractivity contribution in [3.63, 3.8) is 0 Å². The van der Waals surface area contributed by atoms with Crippen LogP contribution in [-0.4, -0.2) is 0 Å². The molecule has 0 aromatic rings. The molecule has 0 saturated heterocycles. The van der Waals surface area contributed by atoms with Gasteiger partial charge in [0.15, 0.2) is 0 Å². The maximum atomic E-state index is 5.43. The summed E-state index contributed by atoms with van der Waals surface area (Å²) >= 11 is 5.43. The van der Waals surface area contributed by atoms with E-state index in [1.165, 1.54) is 11.1 Å². The molecule has 0 aliphatic carbocycles.